The molecule has 0 saturated carbocycles. The standard InChI is InChI=1S/C12H14Cl2N4O3S/c1-6(12-15-7(2)16-17-12)18-22(19,20)11-5-8(13)10(21-3)4-9(11)14/h4-6,18H,1-3H3,(H,15,16,17)/t6-/m0/s1. The van der Waals surface area contributed by atoms with E-state index < -0.39 is 16.1 Å². The van der Waals surface area contributed by atoms with Crippen LogP contribution in [-0.4, -0.2) is 30.7 Å². The van der Waals surface area contributed by atoms with Crippen LogP contribution in [0.2, 0.25) is 10.0 Å². The van der Waals surface area contributed by atoms with Crippen molar-refractivity contribution in [2.24, 2.45) is 0 Å². The minimum absolute atomic E-state index is 0.00659. The lowest BCUT2D eigenvalue weighted by Crippen LogP contribution is -2.28. The van der Waals surface area contributed by atoms with Gasteiger partial charge in [-0.15, -0.1) is 0 Å². The fourth-order valence-electron chi connectivity index (χ4n) is 1.78. The van der Waals surface area contributed by atoms with Crippen LogP contribution in [0.25, 0.3) is 0 Å². The van der Waals surface area contributed by atoms with E-state index in [1.54, 1.807) is 13.8 Å². The molecule has 1 heterocycles. The van der Waals surface area contributed by atoms with Crippen molar-refractivity contribution in [2.45, 2.75) is 24.8 Å². The van der Waals surface area contributed by atoms with Crippen molar-refractivity contribution >= 4 is 33.2 Å². The van der Waals surface area contributed by atoms with E-state index in [2.05, 4.69) is 19.9 Å². The van der Waals surface area contributed by atoms with E-state index in [0.29, 0.717) is 17.4 Å². The Morgan fingerprint density at radius 3 is 2.55 bits per heavy atom. The number of benzene rings is 1. The van der Waals surface area contributed by atoms with Gasteiger partial charge in [0.25, 0.3) is 0 Å². The molecule has 0 unspecified atom stereocenters. The maximum Gasteiger partial charge on any atom is 0.242 e. The quantitative estimate of drug-likeness (QED) is 0.849. The number of aromatic amines is 1. The predicted octanol–water partition coefficient (Wildman–Crippen LogP) is 2.47. The van der Waals surface area contributed by atoms with Gasteiger partial charge in [-0.3, -0.25) is 5.10 Å². The predicted molar refractivity (Wildman–Crippen MR) is 82.9 cm³/mol. The summed E-state index contributed by atoms with van der Waals surface area (Å²) in [6, 6.07) is 1.95. The molecule has 0 aliphatic carbocycles. The number of aromatic nitrogens is 3. The Kier molecular flexibility index (Phi) is 4.96. The summed E-state index contributed by atoms with van der Waals surface area (Å²) in [5.74, 6) is 1.21. The molecule has 1 aromatic heterocycles. The highest BCUT2D eigenvalue weighted by atomic mass is 35.5. The Morgan fingerprint density at radius 1 is 1.32 bits per heavy atom. The van der Waals surface area contributed by atoms with Gasteiger partial charge >= 0.3 is 0 Å². The summed E-state index contributed by atoms with van der Waals surface area (Å²) in [5.41, 5.74) is 0. The average molecular weight is 365 g/mol. The van der Waals surface area contributed by atoms with Gasteiger partial charge in [-0.1, -0.05) is 23.2 Å². The molecule has 0 aliphatic rings. The first-order valence-electron chi connectivity index (χ1n) is 6.19. The summed E-state index contributed by atoms with van der Waals surface area (Å²) < 4.78 is 32.3. The number of hydrogen-bond acceptors (Lipinski definition) is 5. The molecular weight excluding hydrogens is 351 g/mol. The van der Waals surface area contributed by atoms with Gasteiger partial charge in [0.15, 0.2) is 5.82 Å². The molecule has 0 amide bonds. The van der Waals surface area contributed by atoms with Crippen molar-refractivity contribution in [3.8, 4) is 5.75 Å². The number of rotatable bonds is 5. The van der Waals surface area contributed by atoms with Crippen LogP contribution in [0.5, 0.6) is 5.75 Å². The van der Waals surface area contributed by atoms with Gasteiger partial charge in [0, 0.05) is 6.07 Å². The lowest BCUT2D eigenvalue weighted by Gasteiger charge is -2.13. The molecule has 7 nitrogen and oxygen atoms in total. The van der Waals surface area contributed by atoms with Crippen LogP contribution in [-0.2, 0) is 10.0 Å². The lowest BCUT2D eigenvalue weighted by molar-refractivity contribution is 0.414. The van der Waals surface area contributed by atoms with Gasteiger partial charge in [0.05, 0.1) is 23.2 Å². The topological polar surface area (TPSA) is 97.0 Å². The molecule has 2 rings (SSSR count). The van der Waals surface area contributed by atoms with Crippen molar-refractivity contribution in [3.05, 3.63) is 33.8 Å². The second-order valence-electron chi connectivity index (χ2n) is 4.54. The Balaban J connectivity index is 2.33. The molecule has 2 N–H and O–H groups in total. The molecule has 22 heavy (non-hydrogen) atoms. The molecule has 0 bridgehead atoms. The van der Waals surface area contributed by atoms with Crippen molar-refractivity contribution in [1.29, 1.82) is 0 Å². The van der Waals surface area contributed by atoms with Gasteiger partial charge in [-0.05, 0) is 19.9 Å². The molecule has 1 aromatic carbocycles. The van der Waals surface area contributed by atoms with Crippen molar-refractivity contribution < 1.29 is 13.2 Å². The zero-order chi connectivity index (χ0) is 16.5. The molecule has 0 aliphatic heterocycles. The zero-order valence-electron chi connectivity index (χ0n) is 12.0. The third-order valence-corrected chi connectivity index (χ3v) is 5.13. The largest absolute Gasteiger partial charge is 0.495 e. The summed E-state index contributed by atoms with van der Waals surface area (Å²) in [6.07, 6.45) is 0. The summed E-state index contributed by atoms with van der Waals surface area (Å²) in [4.78, 5) is 3.94. The van der Waals surface area contributed by atoms with Crippen LogP contribution in [0.3, 0.4) is 0 Å². The van der Waals surface area contributed by atoms with Gasteiger partial charge in [0.1, 0.15) is 16.5 Å². The van der Waals surface area contributed by atoms with Crippen LogP contribution in [0.15, 0.2) is 17.0 Å². The van der Waals surface area contributed by atoms with Crippen molar-refractivity contribution in [1.82, 2.24) is 19.9 Å². The number of aryl methyl sites for hydroxylation is 1. The molecule has 0 radical (unpaired) electrons. The Labute approximate surface area is 138 Å². The highest BCUT2D eigenvalue weighted by molar-refractivity contribution is 7.89. The first-order chi connectivity index (χ1) is 10.2. The van der Waals surface area contributed by atoms with Crippen molar-refractivity contribution in [2.75, 3.05) is 7.11 Å². The van der Waals surface area contributed by atoms with Gasteiger partial charge in [-0.25, -0.2) is 18.1 Å². The summed E-state index contributed by atoms with van der Waals surface area (Å²) in [6.45, 7) is 3.34. The molecule has 0 saturated heterocycles. The van der Waals surface area contributed by atoms with E-state index in [0.717, 1.165) is 0 Å². The molecule has 1 atom stereocenters. The number of ether oxygens (including phenoxy) is 1. The summed E-state index contributed by atoms with van der Waals surface area (Å²) in [5, 5.41) is 6.72. The monoisotopic (exact) mass is 364 g/mol. The van der Waals surface area contributed by atoms with Crippen molar-refractivity contribution in [3.63, 3.8) is 0 Å². The first kappa shape index (κ1) is 17.0. The molecule has 0 spiro atoms. The number of methoxy groups -OCH3 is 1. The van der Waals surface area contributed by atoms with Crippen LogP contribution < -0.4 is 9.46 Å². The van der Waals surface area contributed by atoms with Crippen LogP contribution in [0.1, 0.15) is 24.6 Å². The molecule has 120 valence electrons. The fourth-order valence-corrected chi connectivity index (χ4v) is 3.83. The van der Waals surface area contributed by atoms with Gasteiger partial charge < -0.3 is 4.74 Å². The van der Waals surface area contributed by atoms with E-state index in [9.17, 15) is 8.42 Å². The number of sulfonamides is 1. The Hall–Kier alpha value is -1.35. The van der Waals surface area contributed by atoms with E-state index in [4.69, 9.17) is 27.9 Å². The number of nitrogens with one attached hydrogen (secondary N) is 2. The zero-order valence-corrected chi connectivity index (χ0v) is 14.3. The third-order valence-electron chi connectivity index (χ3n) is 2.83. The van der Waals surface area contributed by atoms with Gasteiger partial charge in [-0.2, -0.15) is 5.10 Å². The fraction of sp³-hybridized carbons (Fsp3) is 0.333. The van der Waals surface area contributed by atoms with E-state index >= 15 is 0 Å². The summed E-state index contributed by atoms with van der Waals surface area (Å²) >= 11 is 12.0. The molecular formula is C12H14Cl2N4O3S. The van der Waals surface area contributed by atoms with Gasteiger partial charge in [0.2, 0.25) is 10.0 Å². The van der Waals surface area contributed by atoms with E-state index in [-0.39, 0.29) is 14.9 Å². The molecule has 10 heteroatoms. The average Bonchev–Trinajstić information content (AvgIpc) is 2.87. The Bertz CT molecular complexity index is 792. The van der Waals surface area contributed by atoms with Crippen LogP contribution in [0.4, 0.5) is 0 Å². The number of hydrogen-bond donors (Lipinski definition) is 2. The lowest BCUT2D eigenvalue weighted by atomic mass is 10.3. The number of nitrogens with zero attached hydrogens (tertiary/aromatic N) is 2. The van der Waals surface area contributed by atoms with E-state index in [1.165, 1.54) is 19.2 Å². The summed E-state index contributed by atoms with van der Waals surface area (Å²) in [7, 11) is -2.48. The maximum atomic E-state index is 12.4. The first-order valence-corrected chi connectivity index (χ1v) is 8.42. The molecule has 2 aromatic rings. The molecule has 0 fully saturated rings. The number of H-pyrrole nitrogens is 1. The third kappa shape index (κ3) is 3.52. The Morgan fingerprint density at radius 2 is 2.00 bits per heavy atom. The van der Waals surface area contributed by atoms with E-state index in [1.807, 2.05) is 0 Å². The normalized spacial score (nSPS) is 13.1. The SMILES string of the molecule is COc1cc(Cl)c(S(=O)(=O)N[C@@H](C)c2n[nH]c(C)n2)cc1Cl. The smallest absolute Gasteiger partial charge is 0.242 e. The minimum atomic E-state index is -3.89. The number of halogens is 2. The highest BCUT2D eigenvalue weighted by Crippen LogP contribution is 2.33. The minimum Gasteiger partial charge on any atom is -0.495 e. The second-order valence-corrected chi connectivity index (χ2v) is 7.04. The van der Waals surface area contributed by atoms with Crippen LogP contribution >= 0.6 is 23.2 Å². The second kappa shape index (κ2) is 6.41. The highest BCUT2D eigenvalue weighted by Gasteiger charge is 2.24. The maximum absolute atomic E-state index is 12.4. The van der Waals surface area contributed by atoms with Crippen LogP contribution in [0, 0.1) is 6.92 Å².